The van der Waals surface area contributed by atoms with Gasteiger partial charge in [-0.3, -0.25) is 4.79 Å². The molecule has 2 bridgehead atoms. The summed E-state index contributed by atoms with van der Waals surface area (Å²) in [6.45, 7) is 0. The summed E-state index contributed by atoms with van der Waals surface area (Å²) in [5.74, 6) is -0.926. The van der Waals surface area contributed by atoms with Crippen LogP contribution in [-0.2, 0) is 9.53 Å². The fourth-order valence-corrected chi connectivity index (χ4v) is 1.97. The molecular formula is C7H11NO3. The van der Waals surface area contributed by atoms with E-state index >= 15 is 0 Å². The summed E-state index contributed by atoms with van der Waals surface area (Å²) in [5, 5.41) is 8.79. The molecule has 3 atom stereocenters. The van der Waals surface area contributed by atoms with Crippen molar-refractivity contribution in [3.8, 4) is 0 Å². The zero-order valence-electron chi connectivity index (χ0n) is 6.12. The molecule has 11 heavy (non-hydrogen) atoms. The van der Waals surface area contributed by atoms with E-state index in [4.69, 9.17) is 15.6 Å². The van der Waals surface area contributed by atoms with Crippen LogP contribution < -0.4 is 5.73 Å². The number of fused-ring (bicyclic) bond motifs is 2. The van der Waals surface area contributed by atoms with Crippen LogP contribution in [0.3, 0.4) is 0 Å². The van der Waals surface area contributed by atoms with Gasteiger partial charge in [-0.25, -0.2) is 0 Å². The molecule has 0 saturated carbocycles. The van der Waals surface area contributed by atoms with E-state index in [0.717, 1.165) is 12.8 Å². The van der Waals surface area contributed by atoms with E-state index in [9.17, 15) is 4.79 Å². The van der Waals surface area contributed by atoms with Crippen molar-refractivity contribution in [1.29, 1.82) is 0 Å². The number of ether oxygens (including phenoxy) is 1. The lowest BCUT2D eigenvalue weighted by Gasteiger charge is -2.25. The van der Waals surface area contributed by atoms with Gasteiger partial charge in [-0.15, -0.1) is 0 Å². The third-order valence-electron chi connectivity index (χ3n) is 2.65. The molecule has 2 fully saturated rings. The Morgan fingerprint density at radius 1 is 1.64 bits per heavy atom. The maximum atomic E-state index is 10.7. The van der Waals surface area contributed by atoms with E-state index in [1.807, 2.05) is 0 Å². The summed E-state index contributed by atoms with van der Waals surface area (Å²) >= 11 is 0. The van der Waals surface area contributed by atoms with Crippen LogP contribution in [0, 0.1) is 0 Å². The second-order valence-electron chi connectivity index (χ2n) is 3.37. The number of rotatable bonds is 1. The van der Waals surface area contributed by atoms with Crippen LogP contribution in [0.1, 0.15) is 19.3 Å². The van der Waals surface area contributed by atoms with E-state index in [1.165, 1.54) is 0 Å². The molecule has 3 N–H and O–H groups in total. The van der Waals surface area contributed by atoms with E-state index < -0.39 is 11.5 Å². The molecule has 3 unspecified atom stereocenters. The van der Waals surface area contributed by atoms with Crippen molar-refractivity contribution < 1.29 is 14.6 Å². The molecule has 2 saturated heterocycles. The molecule has 0 aromatic rings. The minimum atomic E-state index is -1.09. The molecule has 4 heteroatoms. The van der Waals surface area contributed by atoms with Crippen LogP contribution in [-0.4, -0.2) is 28.8 Å². The van der Waals surface area contributed by atoms with Crippen molar-refractivity contribution >= 4 is 5.97 Å². The Labute approximate surface area is 64.3 Å². The average Bonchev–Trinajstić information content (AvgIpc) is 2.45. The SMILES string of the molecule is NC1(C(=O)O)CC2CCC1O2. The van der Waals surface area contributed by atoms with Gasteiger partial charge in [-0.1, -0.05) is 0 Å². The molecule has 0 radical (unpaired) electrons. The van der Waals surface area contributed by atoms with Gasteiger partial charge < -0.3 is 15.6 Å². The summed E-state index contributed by atoms with van der Waals surface area (Å²) in [6.07, 6.45) is 2.10. The number of nitrogens with two attached hydrogens (primary N) is 1. The van der Waals surface area contributed by atoms with Crippen molar-refractivity contribution in [1.82, 2.24) is 0 Å². The minimum absolute atomic E-state index is 0.0982. The smallest absolute Gasteiger partial charge is 0.326 e. The highest BCUT2D eigenvalue weighted by Crippen LogP contribution is 2.40. The summed E-state index contributed by atoms with van der Waals surface area (Å²) < 4.78 is 5.34. The van der Waals surface area contributed by atoms with Crippen LogP contribution in [0.4, 0.5) is 0 Å². The van der Waals surface area contributed by atoms with Gasteiger partial charge in [0.1, 0.15) is 5.54 Å². The van der Waals surface area contributed by atoms with Gasteiger partial charge in [0.15, 0.2) is 0 Å². The van der Waals surface area contributed by atoms with E-state index in [0.29, 0.717) is 6.42 Å². The zero-order valence-corrected chi connectivity index (χ0v) is 6.12. The fraction of sp³-hybridized carbons (Fsp3) is 0.857. The lowest BCUT2D eigenvalue weighted by molar-refractivity contribution is -0.145. The summed E-state index contributed by atoms with van der Waals surface area (Å²) in [5.41, 5.74) is 4.57. The number of hydrogen-bond donors (Lipinski definition) is 2. The van der Waals surface area contributed by atoms with Crippen molar-refractivity contribution in [2.24, 2.45) is 5.73 Å². The molecule has 2 rings (SSSR count). The van der Waals surface area contributed by atoms with Crippen LogP contribution in [0.25, 0.3) is 0 Å². The highest BCUT2D eigenvalue weighted by atomic mass is 16.5. The van der Waals surface area contributed by atoms with Crippen LogP contribution >= 0.6 is 0 Å². The normalized spacial score (nSPS) is 48.1. The fourth-order valence-electron chi connectivity index (χ4n) is 1.97. The predicted octanol–water partition coefficient (Wildman–Crippen LogP) is -0.280. The molecule has 4 nitrogen and oxygen atoms in total. The van der Waals surface area contributed by atoms with E-state index in [2.05, 4.69) is 0 Å². The van der Waals surface area contributed by atoms with Crippen LogP contribution in [0.5, 0.6) is 0 Å². The predicted molar refractivity (Wildman–Crippen MR) is 37.1 cm³/mol. The maximum absolute atomic E-state index is 10.7. The highest BCUT2D eigenvalue weighted by Gasteiger charge is 2.54. The Kier molecular flexibility index (Phi) is 1.25. The number of carboxylic acids is 1. The van der Waals surface area contributed by atoms with Crippen molar-refractivity contribution in [3.05, 3.63) is 0 Å². The lowest BCUT2D eigenvalue weighted by atomic mass is 9.83. The molecule has 0 aromatic heterocycles. The number of hydrogen-bond acceptors (Lipinski definition) is 3. The van der Waals surface area contributed by atoms with Crippen molar-refractivity contribution in [3.63, 3.8) is 0 Å². The Bertz CT molecular complexity index is 206. The molecule has 0 aliphatic carbocycles. The maximum Gasteiger partial charge on any atom is 0.326 e. The standard InChI is InChI=1S/C7H11NO3/c8-7(6(9)10)3-4-1-2-5(7)11-4/h4-5H,1-3,8H2,(H,9,10). The van der Waals surface area contributed by atoms with Crippen molar-refractivity contribution in [2.45, 2.75) is 37.0 Å². The first-order valence-electron chi connectivity index (χ1n) is 3.80. The molecule has 2 aliphatic heterocycles. The van der Waals surface area contributed by atoms with Gasteiger partial charge in [0.2, 0.25) is 0 Å². The monoisotopic (exact) mass is 157 g/mol. The first-order chi connectivity index (χ1) is 5.13. The van der Waals surface area contributed by atoms with Crippen LogP contribution in [0.2, 0.25) is 0 Å². The third kappa shape index (κ3) is 0.795. The van der Waals surface area contributed by atoms with Crippen molar-refractivity contribution in [2.75, 3.05) is 0 Å². The quantitative estimate of drug-likeness (QED) is 0.549. The molecular weight excluding hydrogens is 146 g/mol. The number of carboxylic acid groups (broad SMARTS) is 1. The van der Waals surface area contributed by atoms with Gasteiger partial charge in [-0.05, 0) is 12.8 Å². The number of carbonyl (C=O) groups is 1. The minimum Gasteiger partial charge on any atom is -0.480 e. The zero-order chi connectivity index (χ0) is 8.06. The van der Waals surface area contributed by atoms with Crippen LogP contribution in [0.15, 0.2) is 0 Å². The van der Waals surface area contributed by atoms with Gasteiger partial charge >= 0.3 is 5.97 Å². The largest absolute Gasteiger partial charge is 0.480 e. The lowest BCUT2D eigenvalue weighted by Crippen LogP contribution is -2.55. The second-order valence-corrected chi connectivity index (χ2v) is 3.37. The molecule has 2 heterocycles. The summed E-state index contributed by atoms with van der Waals surface area (Å²) in [4.78, 5) is 10.7. The Hall–Kier alpha value is -0.610. The average molecular weight is 157 g/mol. The van der Waals surface area contributed by atoms with Gasteiger partial charge in [0, 0.05) is 6.42 Å². The number of aliphatic carboxylic acids is 1. The van der Waals surface area contributed by atoms with Gasteiger partial charge in [0.05, 0.1) is 12.2 Å². The van der Waals surface area contributed by atoms with Gasteiger partial charge in [-0.2, -0.15) is 0 Å². The Morgan fingerprint density at radius 3 is 2.64 bits per heavy atom. The molecule has 2 aliphatic rings. The van der Waals surface area contributed by atoms with Gasteiger partial charge in [0.25, 0.3) is 0 Å². The first kappa shape index (κ1) is 7.06. The summed E-state index contributed by atoms with van der Waals surface area (Å²) in [6, 6.07) is 0. The Balaban J connectivity index is 2.23. The highest BCUT2D eigenvalue weighted by molar-refractivity contribution is 5.80. The Morgan fingerprint density at radius 2 is 2.36 bits per heavy atom. The summed E-state index contributed by atoms with van der Waals surface area (Å²) in [7, 11) is 0. The third-order valence-corrected chi connectivity index (χ3v) is 2.65. The van der Waals surface area contributed by atoms with E-state index in [1.54, 1.807) is 0 Å². The molecule has 0 spiro atoms. The molecule has 62 valence electrons. The molecule has 0 amide bonds. The van der Waals surface area contributed by atoms with E-state index in [-0.39, 0.29) is 12.2 Å². The first-order valence-corrected chi connectivity index (χ1v) is 3.80. The molecule has 0 aromatic carbocycles. The second kappa shape index (κ2) is 1.95. The topological polar surface area (TPSA) is 72.6 Å².